The fourth-order valence-electron chi connectivity index (χ4n) is 1.89. The Balaban J connectivity index is 2.82. The van der Waals surface area contributed by atoms with E-state index < -0.39 is 0 Å². The van der Waals surface area contributed by atoms with E-state index in [0.29, 0.717) is 6.54 Å². The number of nitrogens with zero attached hydrogens (tertiary/aromatic N) is 1. The van der Waals surface area contributed by atoms with Gasteiger partial charge in [-0.1, -0.05) is 0 Å². The van der Waals surface area contributed by atoms with Gasteiger partial charge in [0.2, 0.25) is 0 Å². The summed E-state index contributed by atoms with van der Waals surface area (Å²) in [5.41, 5.74) is 6.02. The second-order valence-corrected chi connectivity index (χ2v) is 6.12. The molecule has 0 aliphatic rings. The van der Waals surface area contributed by atoms with Crippen LogP contribution in [-0.2, 0) is 0 Å². The summed E-state index contributed by atoms with van der Waals surface area (Å²) in [7, 11) is 1.99. The lowest BCUT2D eigenvalue weighted by Gasteiger charge is -2.31. The van der Waals surface area contributed by atoms with Crippen molar-refractivity contribution in [3.63, 3.8) is 0 Å². The lowest BCUT2D eigenvalue weighted by molar-refractivity contribution is 0.111. The molecule has 92 valence electrons. The molecule has 1 aromatic rings. The van der Waals surface area contributed by atoms with Crippen molar-refractivity contribution in [3.8, 4) is 0 Å². The summed E-state index contributed by atoms with van der Waals surface area (Å²) in [6.07, 6.45) is -0.338. The molecule has 0 aromatic carbocycles. The molecular weight excluding hydrogens is 288 g/mol. The Bertz CT molecular complexity index is 328. The highest BCUT2D eigenvalue weighted by Crippen LogP contribution is 2.30. The van der Waals surface area contributed by atoms with Crippen LogP contribution in [0.15, 0.2) is 15.9 Å². The fraction of sp³-hybridized carbons (Fsp3) is 0.636. The van der Waals surface area contributed by atoms with Gasteiger partial charge < -0.3 is 10.8 Å². The van der Waals surface area contributed by atoms with Gasteiger partial charge in [-0.05, 0) is 42.9 Å². The average molecular weight is 307 g/mol. The number of nitrogens with two attached hydrogens (primary N) is 1. The van der Waals surface area contributed by atoms with Gasteiger partial charge >= 0.3 is 0 Å². The van der Waals surface area contributed by atoms with E-state index in [2.05, 4.69) is 32.3 Å². The molecule has 3 atom stereocenters. The molecule has 5 heteroatoms. The number of halogens is 1. The van der Waals surface area contributed by atoms with Gasteiger partial charge in [-0.3, -0.25) is 4.90 Å². The molecule has 1 aromatic heterocycles. The van der Waals surface area contributed by atoms with E-state index >= 15 is 0 Å². The second-order valence-electron chi connectivity index (χ2n) is 4.26. The SMILES string of the molecule is CC(O)CN(C)C(c1cc(Br)cs1)C(C)N. The van der Waals surface area contributed by atoms with Crippen molar-refractivity contribution in [2.45, 2.75) is 32.0 Å². The highest BCUT2D eigenvalue weighted by molar-refractivity contribution is 9.10. The van der Waals surface area contributed by atoms with Crippen LogP contribution in [0.4, 0.5) is 0 Å². The Labute approximate surface area is 109 Å². The van der Waals surface area contributed by atoms with E-state index in [9.17, 15) is 5.11 Å². The Morgan fingerprint density at radius 2 is 2.19 bits per heavy atom. The van der Waals surface area contributed by atoms with Crippen LogP contribution < -0.4 is 5.73 Å². The molecule has 0 saturated carbocycles. The molecule has 1 rings (SSSR count). The third-order valence-corrected chi connectivity index (χ3v) is 4.17. The Kier molecular flexibility index (Phi) is 5.40. The highest BCUT2D eigenvalue weighted by atomic mass is 79.9. The maximum absolute atomic E-state index is 9.42. The van der Waals surface area contributed by atoms with Gasteiger partial charge in [-0.25, -0.2) is 0 Å². The van der Waals surface area contributed by atoms with Crippen molar-refractivity contribution < 1.29 is 5.11 Å². The molecule has 3 unspecified atom stereocenters. The standard InChI is InChI=1S/C11H19BrN2OS/c1-7(15)5-14(3)11(8(2)13)10-4-9(12)6-16-10/h4,6-8,11,15H,5,13H2,1-3H3. The van der Waals surface area contributed by atoms with Crippen molar-refractivity contribution in [2.75, 3.05) is 13.6 Å². The van der Waals surface area contributed by atoms with Crippen molar-refractivity contribution in [3.05, 3.63) is 20.8 Å². The van der Waals surface area contributed by atoms with Gasteiger partial charge in [-0.2, -0.15) is 0 Å². The molecule has 0 aliphatic heterocycles. The van der Waals surface area contributed by atoms with Gasteiger partial charge in [0, 0.05) is 27.3 Å². The van der Waals surface area contributed by atoms with E-state index in [1.54, 1.807) is 18.3 Å². The van der Waals surface area contributed by atoms with E-state index in [1.807, 2.05) is 14.0 Å². The minimum absolute atomic E-state index is 0.0364. The van der Waals surface area contributed by atoms with Crippen molar-refractivity contribution in [2.24, 2.45) is 5.73 Å². The summed E-state index contributed by atoms with van der Waals surface area (Å²) in [6, 6.07) is 2.29. The fourth-order valence-corrected chi connectivity index (χ4v) is 3.62. The van der Waals surface area contributed by atoms with E-state index in [1.165, 1.54) is 4.88 Å². The summed E-state index contributed by atoms with van der Waals surface area (Å²) in [5, 5.41) is 11.5. The predicted molar refractivity (Wildman–Crippen MR) is 72.7 cm³/mol. The highest BCUT2D eigenvalue weighted by Gasteiger charge is 2.23. The van der Waals surface area contributed by atoms with E-state index in [4.69, 9.17) is 5.73 Å². The molecule has 0 fully saturated rings. The quantitative estimate of drug-likeness (QED) is 0.877. The minimum atomic E-state index is -0.338. The largest absolute Gasteiger partial charge is 0.392 e. The summed E-state index contributed by atoms with van der Waals surface area (Å²) >= 11 is 5.14. The van der Waals surface area contributed by atoms with Crippen molar-refractivity contribution >= 4 is 27.3 Å². The zero-order chi connectivity index (χ0) is 12.3. The first-order valence-corrected chi connectivity index (χ1v) is 6.97. The number of thiophene rings is 1. The Morgan fingerprint density at radius 3 is 2.56 bits per heavy atom. The van der Waals surface area contributed by atoms with Gasteiger partial charge in [-0.15, -0.1) is 11.3 Å². The zero-order valence-electron chi connectivity index (χ0n) is 9.85. The Morgan fingerprint density at radius 1 is 1.56 bits per heavy atom. The van der Waals surface area contributed by atoms with Crippen LogP contribution in [0.1, 0.15) is 24.8 Å². The van der Waals surface area contributed by atoms with Crippen LogP contribution in [0, 0.1) is 0 Å². The number of aliphatic hydroxyl groups is 1. The molecule has 3 N–H and O–H groups in total. The Hall–Kier alpha value is 0.0600. The molecular formula is C11H19BrN2OS. The lowest BCUT2D eigenvalue weighted by Crippen LogP contribution is -2.39. The number of aliphatic hydroxyl groups excluding tert-OH is 1. The number of likely N-dealkylation sites (N-methyl/N-ethyl adjacent to an activating group) is 1. The maximum Gasteiger partial charge on any atom is 0.0639 e. The summed E-state index contributed by atoms with van der Waals surface area (Å²) in [6.45, 7) is 4.41. The number of rotatable bonds is 5. The van der Waals surface area contributed by atoms with Gasteiger partial charge in [0.15, 0.2) is 0 Å². The zero-order valence-corrected chi connectivity index (χ0v) is 12.3. The average Bonchev–Trinajstić information content (AvgIpc) is 2.49. The van der Waals surface area contributed by atoms with Crippen LogP contribution >= 0.6 is 27.3 Å². The molecule has 0 spiro atoms. The molecule has 3 nitrogen and oxygen atoms in total. The number of hydrogen-bond donors (Lipinski definition) is 2. The second kappa shape index (κ2) is 6.12. The molecule has 16 heavy (non-hydrogen) atoms. The third kappa shape index (κ3) is 3.82. The molecule has 0 bridgehead atoms. The lowest BCUT2D eigenvalue weighted by atomic mass is 10.1. The van der Waals surface area contributed by atoms with Crippen LogP contribution in [0.2, 0.25) is 0 Å². The first-order valence-electron chi connectivity index (χ1n) is 5.29. The van der Waals surface area contributed by atoms with Gasteiger partial charge in [0.05, 0.1) is 12.1 Å². The summed E-state index contributed by atoms with van der Waals surface area (Å²) in [5.74, 6) is 0. The summed E-state index contributed by atoms with van der Waals surface area (Å²) in [4.78, 5) is 3.33. The molecule has 1 heterocycles. The van der Waals surface area contributed by atoms with Crippen LogP contribution in [-0.4, -0.2) is 35.7 Å². The number of hydrogen-bond acceptors (Lipinski definition) is 4. The molecule has 0 amide bonds. The van der Waals surface area contributed by atoms with E-state index in [0.717, 1.165) is 4.47 Å². The third-order valence-electron chi connectivity index (χ3n) is 2.40. The minimum Gasteiger partial charge on any atom is -0.392 e. The van der Waals surface area contributed by atoms with Crippen LogP contribution in [0.25, 0.3) is 0 Å². The molecule has 0 radical (unpaired) electrons. The topological polar surface area (TPSA) is 49.5 Å². The normalized spacial score (nSPS) is 17.4. The smallest absolute Gasteiger partial charge is 0.0639 e. The van der Waals surface area contributed by atoms with E-state index in [-0.39, 0.29) is 18.2 Å². The predicted octanol–water partition coefficient (Wildman–Crippen LogP) is 2.21. The van der Waals surface area contributed by atoms with Gasteiger partial charge in [0.25, 0.3) is 0 Å². The van der Waals surface area contributed by atoms with Crippen molar-refractivity contribution in [1.82, 2.24) is 4.90 Å². The first kappa shape index (κ1) is 14.1. The monoisotopic (exact) mass is 306 g/mol. The van der Waals surface area contributed by atoms with Crippen LogP contribution in [0.5, 0.6) is 0 Å². The van der Waals surface area contributed by atoms with Crippen molar-refractivity contribution in [1.29, 1.82) is 0 Å². The van der Waals surface area contributed by atoms with Crippen LogP contribution in [0.3, 0.4) is 0 Å². The summed E-state index contributed by atoms with van der Waals surface area (Å²) < 4.78 is 1.09. The maximum atomic E-state index is 9.42. The van der Waals surface area contributed by atoms with Gasteiger partial charge in [0.1, 0.15) is 0 Å². The molecule has 0 saturated heterocycles. The first-order chi connectivity index (χ1) is 7.41. The molecule has 0 aliphatic carbocycles.